The zero-order valence-corrected chi connectivity index (χ0v) is 34.2. The second-order valence-corrected chi connectivity index (χ2v) is 16.7. The summed E-state index contributed by atoms with van der Waals surface area (Å²) in [4.78, 5) is 16.9. The van der Waals surface area contributed by atoms with Crippen molar-refractivity contribution in [1.82, 2.24) is 19.5 Å². The molecule has 0 saturated heterocycles. The number of benzene rings is 9. The number of rotatable bonds is 5. The molecule has 13 aromatic rings. The lowest BCUT2D eigenvalue weighted by molar-refractivity contribution is 0.632. The van der Waals surface area contributed by atoms with Crippen LogP contribution < -0.4 is 0 Å². The second kappa shape index (κ2) is 13.2. The maximum absolute atomic E-state index is 6.94. The van der Waals surface area contributed by atoms with Gasteiger partial charge in [0.2, 0.25) is 5.95 Å². The Morgan fingerprint density at radius 2 is 0.891 bits per heavy atom. The maximum Gasteiger partial charge on any atom is 0.238 e. The number of fused-ring (bicyclic) bond motifs is 12. The predicted molar refractivity (Wildman–Crippen MR) is 257 cm³/mol. The van der Waals surface area contributed by atoms with Crippen LogP contribution in [0.3, 0.4) is 0 Å². The molecule has 0 N–H and O–H groups in total. The fraction of sp³-hybridized carbons (Fsp3) is 0.0172. The molecule has 14 rings (SSSR count). The molecular formula is C58H34N4O2. The molecule has 6 heteroatoms. The van der Waals surface area contributed by atoms with Gasteiger partial charge in [0.05, 0.1) is 11.0 Å². The highest BCUT2D eigenvalue weighted by Gasteiger charge is 2.50. The van der Waals surface area contributed by atoms with E-state index in [-0.39, 0.29) is 0 Å². The molecule has 0 unspecified atom stereocenters. The Morgan fingerprint density at radius 3 is 1.62 bits per heavy atom. The quantitative estimate of drug-likeness (QED) is 0.173. The van der Waals surface area contributed by atoms with E-state index in [1.807, 2.05) is 24.3 Å². The van der Waals surface area contributed by atoms with Crippen molar-refractivity contribution in [3.63, 3.8) is 0 Å². The van der Waals surface area contributed by atoms with Crippen molar-refractivity contribution in [3.8, 4) is 39.6 Å². The molecule has 298 valence electrons. The van der Waals surface area contributed by atoms with Gasteiger partial charge in [0.25, 0.3) is 0 Å². The highest BCUT2D eigenvalue weighted by atomic mass is 16.3. The van der Waals surface area contributed by atoms with Gasteiger partial charge >= 0.3 is 0 Å². The molecule has 0 bridgehead atoms. The molecule has 1 aliphatic carbocycles. The fourth-order valence-electron chi connectivity index (χ4n) is 10.6. The molecule has 0 fully saturated rings. The van der Waals surface area contributed by atoms with Crippen LogP contribution in [0, 0.1) is 0 Å². The first-order valence-corrected chi connectivity index (χ1v) is 21.6. The van der Waals surface area contributed by atoms with E-state index < -0.39 is 5.41 Å². The number of aromatic nitrogens is 4. The summed E-state index contributed by atoms with van der Waals surface area (Å²) in [5, 5.41) is 6.54. The second-order valence-electron chi connectivity index (χ2n) is 16.7. The van der Waals surface area contributed by atoms with E-state index in [4.69, 9.17) is 23.8 Å². The standard InChI is InChI=1S/C58H34N4O2/c1-7-24-46-38(17-1)39-18-2-8-25-47(39)58(46,48-26-14-23-44-42-21-5-12-30-52(42)64-54(44)48)56-59-55(60-57(61-56)62-49-27-9-3-19-40(49)41-20-4-10-28-50(41)62)37-16-13-15-35(33-37)36-31-32-53-45(34-36)43-22-6-11-29-51(43)63-53/h1-34H. The monoisotopic (exact) mass is 818 g/mol. The van der Waals surface area contributed by atoms with Crippen LogP contribution in [0.2, 0.25) is 0 Å². The van der Waals surface area contributed by atoms with Crippen LogP contribution in [0.4, 0.5) is 0 Å². The minimum Gasteiger partial charge on any atom is -0.456 e. The van der Waals surface area contributed by atoms with Gasteiger partial charge in [0.15, 0.2) is 11.6 Å². The molecular weight excluding hydrogens is 785 g/mol. The van der Waals surface area contributed by atoms with E-state index in [1.165, 1.54) is 0 Å². The molecule has 0 aliphatic heterocycles. The van der Waals surface area contributed by atoms with Crippen LogP contribution in [-0.2, 0) is 5.41 Å². The smallest absolute Gasteiger partial charge is 0.238 e. The van der Waals surface area contributed by atoms with Gasteiger partial charge in [0, 0.05) is 43.4 Å². The summed E-state index contributed by atoms with van der Waals surface area (Å²) >= 11 is 0. The first kappa shape index (κ1) is 35.0. The largest absolute Gasteiger partial charge is 0.456 e. The normalized spacial score (nSPS) is 13.1. The van der Waals surface area contributed by atoms with Crippen molar-refractivity contribution in [1.29, 1.82) is 0 Å². The van der Waals surface area contributed by atoms with Crippen LogP contribution in [0.1, 0.15) is 22.5 Å². The van der Waals surface area contributed by atoms with Gasteiger partial charge in [-0.1, -0.05) is 164 Å². The molecule has 0 spiro atoms. The molecule has 6 nitrogen and oxygen atoms in total. The fourth-order valence-corrected chi connectivity index (χ4v) is 10.6. The summed E-state index contributed by atoms with van der Waals surface area (Å²) in [7, 11) is 0. The van der Waals surface area contributed by atoms with E-state index in [1.54, 1.807) is 0 Å². The minimum absolute atomic E-state index is 0.534. The third-order valence-corrected chi connectivity index (χ3v) is 13.3. The van der Waals surface area contributed by atoms with Gasteiger partial charge in [-0.25, -0.2) is 4.98 Å². The summed E-state index contributed by atoms with van der Waals surface area (Å²) in [5.41, 5.74) is 12.8. The molecule has 64 heavy (non-hydrogen) atoms. The highest BCUT2D eigenvalue weighted by Crippen LogP contribution is 2.57. The van der Waals surface area contributed by atoms with Crippen molar-refractivity contribution in [2.75, 3.05) is 0 Å². The third kappa shape index (κ3) is 4.82. The summed E-state index contributed by atoms with van der Waals surface area (Å²) in [6.45, 7) is 0. The predicted octanol–water partition coefficient (Wildman–Crippen LogP) is 14.5. The molecule has 0 saturated carbocycles. The average Bonchev–Trinajstić information content (AvgIpc) is 4.11. The first-order chi connectivity index (χ1) is 31.7. The molecule has 1 aliphatic rings. The van der Waals surface area contributed by atoms with Crippen molar-refractivity contribution in [2.45, 2.75) is 5.41 Å². The lowest BCUT2D eigenvalue weighted by Gasteiger charge is -2.32. The van der Waals surface area contributed by atoms with Crippen molar-refractivity contribution in [3.05, 3.63) is 229 Å². The van der Waals surface area contributed by atoms with Gasteiger partial charge in [-0.2, -0.15) is 9.97 Å². The van der Waals surface area contributed by atoms with E-state index in [9.17, 15) is 0 Å². The topological polar surface area (TPSA) is 69.9 Å². The Labute approximate surface area is 366 Å². The van der Waals surface area contributed by atoms with E-state index in [0.717, 1.165) is 110 Å². The molecule has 9 aromatic carbocycles. The average molecular weight is 819 g/mol. The summed E-state index contributed by atoms with van der Waals surface area (Å²) in [6.07, 6.45) is 0. The number of nitrogens with zero attached hydrogens (tertiary/aromatic N) is 4. The Bertz CT molecular complexity index is 3960. The lowest BCUT2D eigenvalue weighted by atomic mass is 9.71. The Kier molecular flexibility index (Phi) is 7.22. The summed E-state index contributed by atoms with van der Waals surface area (Å²) in [6, 6.07) is 72.3. The number of para-hydroxylation sites is 5. The van der Waals surface area contributed by atoms with Crippen LogP contribution in [0.5, 0.6) is 0 Å². The first-order valence-electron chi connectivity index (χ1n) is 21.6. The van der Waals surface area contributed by atoms with E-state index >= 15 is 0 Å². The molecule has 0 amide bonds. The molecule has 4 aromatic heterocycles. The SMILES string of the molecule is c1cc(-c2ccc3oc4ccccc4c3c2)cc(-c2nc(-n3c4ccccc4c4ccccc43)nc(C3(c4cccc5c4oc4ccccc45)c4ccccc4-c4ccccc43)n2)c1. The molecule has 0 radical (unpaired) electrons. The third-order valence-electron chi connectivity index (χ3n) is 13.3. The van der Waals surface area contributed by atoms with Crippen LogP contribution in [-0.4, -0.2) is 19.5 Å². The van der Waals surface area contributed by atoms with Crippen molar-refractivity contribution >= 4 is 65.7 Å². The number of hydrogen-bond donors (Lipinski definition) is 0. The van der Waals surface area contributed by atoms with E-state index in [0.29, 0.717) is 17.6 Å². The Balaban J connectivity index is 1.09. The Hall–Kier alpha value is -8.61. The van der Waals surface area contributed by atoms with Crippen molar-refractivity contribution in [2.24, 2.45) is 0 Å². The van der Waals surface area contributed by atoms with Crippen LogP contribution in [0.15, 0.2) is 215 Å². The van der Waals surface area contributed by atoms with Crippen molar-refractivity contribution < 1.29 is 8.83 Å². The molecule has 4 heterocycles. The summed E-state index contributed by atoms with van der Waals surface area (Å²) in [5.74, 6) is 1.71. The van der Waals surface area contributed by atoms with Gasteiger partial charge in [-0.05, 0) is 75.8 Å². The van der Waals surface area contributed by atoms with E-state index in [2.05, 4.69) is 187 Å². The van der Waals surface area contributed by atoms with Gasteiger partial charge in [0.1, 0.15) is 27.7 Å². The van der Waals surface area contributed by atoms with Crippen LogP contribution in [0.25, 0.3) is 105 Å². The van der Waals surface area contributed by atoms with Gasteiger partial charge in [-0.15, -0.1) is 0 Å². The zero-order chi connectivity index (χ0) is 41.9. The number of furan rings is 2. The molecule has 0 atom stereocenters. The summed E-state index contributed by atoms with van der Waals surface area (Å²) < 4.78 is 15.3. The maximum atomic E-state index is 6.94. The lowest BCUT2D eigenvalue weighted by Crippen LogP contribution is -2.32. The highest BCUT2D eigenvalue weighted by molar-refractivity contribution is 6.10. The number of hydrogen-bond acceptors (Lipinski definition) is 5. The minimum atomic E-state index is -1.00. The Morgan fingerprint density at radius 1 is 0.359 bits per heavy atom. The van der Waals surface area contributed by atoms with Crippen LogP contribution >= 0.6 is 0 Å². The zero-order valence-electron chi connectivity index (χ0n) is 34.2. The van der Waals surface area contributed by atoms with Gasteiger partial charge in [-0.3, -0.25) is 4.57 Å². The van der Waals surface area contributed by atoms with Gasteiger partial charge < -0.3 is 8.83 Å².